The van der Waals surface area contributed by atoms with Crippen LogP contribution < -0.4 is 10.1 Å². The number of methoxy groups -OCH3 is 1. The maximum Gasteiger partial charge on any atom is 0.254 e. The lowest BCUT2D eigenvalue weighted by molar-refractivity contribution is 0.0950. The summed E-state index contributed by atoms with van der Waals surface area (Å²) in [5.41, 5.74) is 3.09. The summed E-state index contributed by atoms with van der Waals surface area (Å²) in [7, 11) is 1.65. The van der Waals surface area contributed by atoms with E-state index in [1.165, 1.54) is 10.4 Å². The Labute approximate surface area is 161 Å². The van der Waals surface area contributed by atoms with Gasteiger partial charge in [-0.05, 0) is 47.6 Å². The predicted octanol–water partition coefficient (Wildman–Crippen LogP) is 4.27. The van der Waals surface area contributed by atoms with Gasteiger partial charge in [0.15, 0.2) is 0 Å². The van der Waals surface area contributed by atoms with Crippen LogP contribution in [0.2, 0.25) is 0 Å². The number of amides is 1. The van der Waals surface area contributed by atoms with Gasteiger partial charge in [0.05, 0.1) is 12.7 Å². The van der Waals surface area contributed by atoms with Crippen LogP contribution in [-0.2, 0) is 18.7 Å². The summed E-state index contributed by atoms with van der Waals surface area (Å²) in [6.45, 7) is 0.487. The molecule has 3 heterocycles. The number of nitrogens with one attached hydrogen (secondary N) is 1. The number of hydrogen-bond donors (Lipinski definition) is 1. The molecule has 4 rings (SSSR count). The number of benzene rings is 1. The number of thiophene rings is 1. The molecule has 1 aliphatic heterocycles. The number of nitrogens with zero attached hydrogens (tertiary/aromatic N) is 1. The maximum atomic E-state index is 13.1. The number of rotatable bonds is 5. The molecule has 6 heteroatoms. The van der Waals surface area contributed by atoms with Crippen LogP contribution in [0.3, 0.4) is 0 Å². The zero-order valence-electron chi connectivity index (χ0n) is 14.5. The van der Waals surface area contributed by atoms with Gasteiger partial charge in [0.1, 0.15) is 10.8 Å². The monoisotopic (exact) mass is 384 g/mol. The molecule has 1 amide bonds. The van der Waals surface area contributed by atoms with E-state index in [0.717, 1.165) is 39.8 Å². The molecule has 0 bridgehead atoms. The first kappa shape index (κ1) is 17.2. The quantitative estimate of drug-likeness (QED) is 0.714. The molecular formula is C20H20N2O2S2. The molecule has 1 aromatic carbocycles. The summed E-state index contributed by atoms with van der Waals surface area (Å²) < 4.78 is 7.31. The molecular weight excluding hydrogens is 364 g/mol. The number of thioether (sulfide) groups is 1. The molecule has 0 saturated heterocycles. The Morgan fingerprint density at radius 3 is 2.92 bits per heavy atom. The van der Waals surface area contributed by atoms with Crippen molar-refractivity contribution >= 4 is 29.0 Å². The van der Waals surface area contributed by atoms with Crippen molar-refractivity contribution in [2.24, 2.45) is 0 Å². The second-order valence-corrected chi connectivity index (χ2v) is 8.30. The van der Waals surface area contributed by atoms with Crippen molar-refractivity contribution in [3.8, 4) is 10.8 Å². The Morgan fingerprint density at radius 2 is 2.12 bits per heavy atom. The van der Waals surface area contributed by atoms with Gasteiger partial charge in [0.2, 0.25) is 0 Å². The molecule has 134 valence electrons. The van der Waals surface area contributed by atoms with E-state index in [9.17, 15) is 4.79 Å². The zero-order valence-corrected chi connectivity index (χ0v) is 16.2. The number of ether oxygens (including phenoxy) is 1. The molecule has 0 radical (unpaired) electrons. The number of fused-ring (bicyclic) bond motifs is 1. The molecule has 2 aromatic heterocycles. The molecule has 0 unspecified atom stereocenters. The molecule has 0 aliphatic carbocycles. The number of hydrogen-bond acceptors (Lipinski definition) is 4. The van der Waals surface area contributed by atoms with Crippen molar-refractivity contribution < 1.29 is 9.53 Å². The summed E-state index contributed by atoms with van der Waals surface area (Å²) in [5.74, 6) is 2.87. The normalized spacial score (nSPS) is 13.3. The van der Waals surface area contributed by atoms with Crippen molar-refractivity contribution in [1.29, 1.82) is 0 Å². The third-order valence-corrected chi connectivity index (χ3v) is 6.87. The Balaban J connectivity index is 1.61. The van der Waals surface area contributed by atoms with Crippen LogP contribution >= 0.6 is 23.1 Å². The van der Waals surface area contributed by atoms with Crippen molar-refractivity contribution in [1.82, 2.24) is 9.88 Å². The van der Waals surface area contributed by atoms with Gasteiger partial charge >= 0.3 is 0 Å². The average molecular weight is 385 g/mol. The van der Waals surface area contributed by atoms with E-state index in [1.807, 2.05) is 65.1 Å². The number of carbonyl (C=O) groups is 1. The first-order chi connectivity index (χ1) is 12.8. The van der Waals surface area contributed by atoms with Crippen molar-refractivity contribution in [2.75, 3.05) is 12.9 Å². The lowest BCUT2D eigenvalue weighted by atomic mass is 10.1. The first-order valence-electron chi connectivity index (χ1n) is 8.53. The summed E-state index contributed by atoms with van der Waals surface area (Å²) in [5, 5.41) is 4.12. The van der Waals surface area contributed by atoms with Crippen LogP contribution in [0.5, 0.6) is 5.75 Å². The molecule has 0 saturated carbocycles. The smallest absolute Gasteiger partial charge is 0.254 e. The highest BCUT2D eigenvalue weighted by atomic mass is 32.2. The van der Waals surface area contributed by atoms with Gasteiger partial charge in [0, 0.05) is 29.6 Å². The topological polar surface area (TPSA) is 43.3 Å². The van der Waals surface area contributed by atoms with Crippen LogP contribution in [0.1, 0.15) is 26.4 Å². The maximum absolute atomic E-state index is 13.1. The molecule has 1 aliphatic rings. The van der Waals surface area contributed by atoms with Crippen LogP contribution in [-0.4, -0.2) is 23.3 Å². The third kappa shape index (κ3) is 3.39. The second-order valence-electron chi connectivity index (χ2n) is 6.11. The molecule has 0 fully saturated rings. The second kappa shape index (κ2) is 7.60. The Morgan fingerprint density at radius 1 is 1.27 bits per heavy atom. The van der Waals surface area contributed by atoms with Gasteiger partial charge in [-0.3, -0.25) is 4.79 Å². The zero-order chi connectivity index (χ0) is 17.9. The highest BCUT2D eigenvalue weighted by molar-refractivity contribution is 7.98. The van der Waals surface area contributed by atoms with Gasteiger partial charge < -0.3 is 14.6 Å². The molecule has 3 aromatic rings. The first-order valence-corrected chi connectivity index (χ1v) is 10.5. The van der Waals surface area contributed by atoms with E-state index in [2.05, 4.69) is 5.32 Å². The van der Waals surface area contributed by atoms with Crippen LogP contribution in [0.25, 0.3) is 5.00 Å². The predicted molar refractivity (Wildman–Crippen MR) is 108 cm³/mol. The van der Waals surface area contributed by atoms with Gasteiger partial charge in [0.25, 0.3) is 5.91 Å². The number of carbonyl (C=O) groups excluding carboxylic acids is 1. The average Bonchev–Trinajstić information content (AvgIpc) is 3.33. The Hall–Kier alpha value is -2.18. The van der Waals surface area contributed by atoms with Crippen LogP contribution in [0, 0.1) is 0 Å². The number of aromatic nitrogens is 1. The van der Waals surface area contributed by atoms with Crippen LogP contribution in [0.4, 0.5) is 0 Å². The highest BCUT2D eigenvalue weighted by Crippen LogP contribution is 2.38. The van der Waals surface area contributed by atoms with Gasteiger partial charge in [-0.25, -0.2) is 0 Å². The highest BCUT2D eigenvalue weighted by Gasteiger charge is 2.26. The SMILES string of the molecule is COc1cccc(CNC(=O)c2c(-n3cccc3)sc3c2CCSC3)c1. The molecule has 26 heavy (non-hydrogen) atoms. The van der Waals surface area contributed by atoms with Crippen molar-refractivity contribution in [3.63, 3.8) is 0 Å². The summed E-state index contributed by atoms with van der Waals surface area (Å²) in [4.78, 5) is 14.4. The van der Waals surface area contributed by atoms with E-state index in [4.69, 9.17) is 4.74 Å². The molecule has 0 spiro atoms. The minimum absolute atomic E-state index is 0.000852. The van der Waals surface area contributed by atoms with Gasteiger partial charge in [-0.15, -0.1) is 11.3 Å². The Kier molecular flexibility index (Phi) is 5.04. The summed E-state index contributed by atoms with van der Waals surface area (Å²) >= 11 is 3.68. The molecule has 4 nitrogen and oxygen atoms in total. The van der Waals surface area contributed by atoms with Crippen molar-refractivity contribution in [3.05, 3.63) is 70.4 Å². The minimum Gasteiger partial charge on any atom is -0.497 e. The largest absolute Gasteiger partial charge is 0.497 e. The molecule has 0 atom stereocenters. The minimum atomic E-state index is 0.000852. The van der Waals surface area contributed by atoms with Crippen LogP contribution in [0.15, 0.2) is 48.8 Å². The fourth-order valence-electron chi connectivity index (χ4n) is 3.16. The Bertz CT molecular complexity index is 916. The molecule has 1 N–H and O–H groups in total. The van der Waals surface area contributed by atoms with Gasteiger partial charge in [-0.2, -0.15) is 11.8 Å². The third-order valence-electron chi connectivity index (χ3n) is 4.45. The lowest BCUT2D eigenvalue weighted by Gasteiger charge is -2.13. The standard InChI is InChI=1S/C20H20N2O2S2/c1-24-15-6-4-5-14(11-15)12-21-19(23)18-16-7-10-25-13-17(16)26-20(18)22-8-2-3-9-22/h2-6,8-9,11H,7,10,12-13H2,1H3,(H,21,23). The van der Waals surface area contributed by atoms with Gasteiger partial charge in [-0.1, -0.05) is 12.1 Å². The lowest BCUT2D eigenvalue weighted by Crippen LogP contribution is -2.25. The summed E-state index contributed by atoms with van der Waals surface area (Å²) in [6.07, 6.45) is 4.96. The van der Waals surface area contributed by atoms with E-state index < -0.39 is 0 Å². The van der Waals surface area contributed by atoms with E-state index >= 15 is 0 Å². The van der Waals surface area contributed by atoms with Crippen molar-refractivity contribution in [2.45, 2.75) is 18.7 Å². The van der Waals surface area contributed by atoms with E-state index in [1.54, 1.807) is 18.4 Å². The fourth-order valence-corrected chi connectivity index (χ4v) is 5.60. The fraction of sp³-hybridized carbons (Fsp3) is 0.250. The summed E-state index contributed by atoms with van der Waals surface area (Å²) in [6, 6.07) is 11.8. The van der Waals surface area contributed by atoms with E-state index in [0.29, 0.717) is 6.54 Å². The van der Waals surface area contributed by atoms with E-state index in [-0.39, 0.29) is 5.91 Å².